The average molecular weight is 328 g/mol. The summed E-state index contributed by atoms with van der Waals surface area (Å²) in [6.07, 6.45) is 0. The van der Waals surface area contributed by atoms with Crippen LogP contribution < -0.4 is 5.73 Å². The number of hydrogen-bond acceptors (Lipinski definition) is 5. The quantitative estimate of drug-likeness (QED) is 0.387. The van der Waals surface area contributed by atoms with Crippen molar-refractivity contribution >= 4 is 17.2 Å². The largest absolute Gasteiger partial charge is 0.398 e. The first-order chi connectivity index (χ1) is 11.1. The second-order valence-electron chi connectivity index (χ2n) is 6.68. The number of nitro groups is 1. The number of hydrogen-bond donors (Lipinski definition) is 2. The van der Waals surface area contributed by atoms with Crippen LogP contribution in [-0.4, -0.2) is 15.8 Å². The van der Waals surface area contributed by atoms with Crippen LogP contribution in [0.15, 0.2) is 48.5 Å². The lowest BCUT2D eigenvalue weighted by molar-refractivity contribution is -0.384. The molecule has 0 bridgehead atoms. The zero-order valence-corrected chi connectivity index (χ0v) is 13.8. The zero-order chi connectivity index (χ0) is 18.1. The summed E-state index contributed by atoms with van der Waals surface area (Å²) in [6.45, 7) is 5.15. The number of nitrogen functional groups attached to an aromatic ring is 1. The van der Waals surface area contributed by atoms with E-state index in [0.29, 0.717) is 5.56 Å². The molecule has 2 rings (SSSR count). The summed E-state index contributed by atoms with van der Waals surface area (Å²) < 4.78 is 0. The molecule has 0 fully saturated rings. The Morgan fingerprint density at radius 2 is 1.71 bits per heavy atom. The van der Waals surface area contributed by atoms with E-state index in [0.717, 1.165) is 6.07 Å². The molecule has 0 saturated carbocycles. The number of nitrogens with two attached hydrogens (primary N) is 1. The molecule has 0 saturated heterocycles. The molecule has 0 amide bonds. The van der Waals surface area contributed by atoms with Gasteiger partial charge in [0, 0.05) is 34.4 Å². The van der Waals surface area contributed by atoms with Gasteiger partial charge in [0.1, 0.15) is 0 Å². The number of nitrogens with zero attached hydrogens (tertiary/aromatic N) is 1. The van der Waals surface area contributed by atoms with E-state index in [-0.39, 0.29) is 16.9 Å². The molecular formula is C18H20N2O4. The fraction of sp³-hybridized carbons (Fsp3) is 0.278. The SMILES string of the molecule is CC(C)(C)C(O)(C(=O)c1ccccc1)c1ccc([N+](=O)[O-])cc1N. The maximum Gasteiger partial charge on any atom is 0.271 e. The van der Waals surface area contributed by atoms with Crippen LogP contribution in [0, 0.1) is 15.5 Å². The predicted molar refractivity (Wildman–Crippen MR) is 91.6 cm³/mol. The van der Waals surface area contributed by atoms with Crippen molar-refractivity contribution < 1.29 is 14.8 Å². The Kier molecular flexibility index (Phi) is 4.44. The third-order valence-corrected chi connectivity index (χ3v) is 4.09. The van der Waals surface area contributed by atoms with Crippen molar-refractivity contribution in [2.45, 2.75) is 26.4 Å². The van der Waals surface area contributed by atoms with E-state index in [9.17, 15) is 20.0 Å². The van der Waals surface area contributed by atoms with Crippen LogP contribution in [0.3, 0.4) is 0 Å². The van der Waals surface area contributed by atoms with E-state index >= 15 is 0 Å². The zero-order valence-electron chi connectivity index (χ0n) is 13.8. The minimum Gasteiger partial charge on any atom is -0.398 e. The van der Waals surface area contributed by atoms with Gasteiger partial charge in [-0.3, -0.25) is 14.9 Å². The number of aliphatic hydroxyl groups is 1. The molecule has 0 radical (unpaired) electrons. The fourth-order valence-corrected chi connectivity index (χ4v) is 2.66. The molecule has 6 heteroatoms. The van der Waals surface area contributed by atoms with Crippen molar-refractivity contribution in [3.8, 4) is 0 Å². The highest BCUT2D eigenvalue weighted by molar-refractivity contribution is 6.04. The van der Waals surface area contributed by atoms with Crippen LogP contribution in [0.1, 0.15) is 36.7 Å². The van der Waals surface area contributed by atoms with E-state index in [2.05, 4.69) is 0 Å². The second kappa shape index (κ2) is 6.05. The molecule has 1 atom stereocenters. The standard InChI is InChI=1S/C18H20N2O4/c1-17(2,3)18(22,16(21)12-7-5-4-6-8-12)14-10-9-13(20(23)24)11-15(14)19/h4-11,22H,19H2,1-3H3. The van der Waals surface area contributed by atoms with Crippen molar-refractivity contribution in [1.82, 2.24) is 0 Å². The van der Waals surface area contributed by atoms with Gasteiger partial charge in [-0.25, -0.2) is 0 Å². The predicted octanol–water partition coefficient (Wildman–Crippen LogP) is 3.29. The number of nitro benzene ring substituents is 1. The number of carbonyl (C=O) groups is 1. The first-order valence-electron chi connectivity index (χ1n) is 7.45. The monoisotopic (exact) mass is 328 g/mol. The van der Waals surface area contributed by atoms with Gasteiger partial charge < -0.3 is 10.8 Å². The number of non-ortho nitro benzene ring substituents is 1. The van der Waals surface area contributed by atoms with E-state index in [1.807, 2.05) is 0 Å². The number of rotatable bonds is 4. The highest BCUT2D eigenvalue weighted by Crippen LogP contribution is 2.44. The summed E-state index contributed by atoms with van der Waals surface area (Å²) in [5, 5.41) is 22.2. The maximum absolute atomic E-state index is 13.0. The van der Waals surface area contributed by atoms with Crippen molar-refractivity contribution in [3.05, 3.63) is 69.8 Å². The van der Waals surface area contributed by atoms with E-state index in [1.54, 1.807) is 51.1 Å². The van der Waals surface area contributed by atoms with Gasteiger partial charge in [0.25, 0.3) is 5.69 Å². The summed E-state index contributed by atoms with van der Waals surface area (Å²) in [5.74, 6) is -0.504. The molecule has 0 aliphatic carbocycles. The van der Waals surface area contributed by atoms with Gasteiger partial charge in [0.15, 0.2) is 11.4 Å². The highest BCUT2D eigenvalue weighted by Gasteiger charge is 2.49. The molecule has 24 heavy (non-hydrogen) atoms. The number of anilines is 1. The minimum atomic E-state index is -1.92. The van der Waals surface area contributed by atoms with Gasteiger partial charge in [-0.15, -0.1) is 0 Å². The Morgan fingerprint density at radius 1 is 1.12 bits per heavy atom. The molecule has 0 spiro atoms. The van der Waals surface area contributed by atoms with E-state index in [4.69, 9.17) is 5.73 Å². The molecular weight excluding hydrogens is 308 g/mol. The third-order valence-electron chi connectivity index (χ3n) is 4.09. The molecule has 126 valence electrons. The Labute approximate surface area is 140 Å². The molecule has 6 nitrogen and oxygen atoms in total. The van der Waals surface area contributed by atoms with Gasteiger partial charge in [-0.2, -0.15) is 0 Å². The fourth-order valence-electron chi connectivity index (χ4n) is 2.66. The summed E-state index contributed by atoms with van der Waals surface area (Å²) in [7, 11) is 0. The third kappa shape index (κ3) is 2.88. The number of benzene rings is 2. The topological polar surface area (TPSA) is 106 Å². The Bertz CT molecular complexity index is 781. The number of Topliss-reactive ketones (excluding diaryl/α,β-unsaturated/α-hetero) is 1. The molecule has 1 unspecified atom stereocenters. The normalized spacial score (nSPS) is 14.0. The lowest BCUT2D eigenvalue weighted by atomic mass is 9.68. The van der Waals surface area contributed by atoms with Crippen molar-refractivity contribution in [1.29, 1.82) is 0 Å². The Morgan fingerprint density at radius 3 is 2.17 bits per heavy atom. The van der Waals surface area contributed by atoms with E-state index in [1.165, 1.54) is 12.1 Å². The van der Waals surface area contributed by atoms with Gasteiger partial charge in [-0.1, -0.05) is 51.1 Å². The van der Waals surface area contributed by atoms with Gasteiger partial charge >= 0.3 is 0 Å². The van der Waals surface area contributed by atoms with Crippen LogP contribution in [-0.2, 0) is 5.60 Å². The molecule has 0 aromatic heterocycles. The first kappa shape index (κ1) is 17.6. The summed E-state index contributed by atoms with van der Waals surface area (Å²) >= 11 is 0. The van der Waals surface area contributed by atoms with Crippen LogP contribution in [0.2, 0.25) is 0 Å². The second-order valence-corrected chi connectivity index (χ2v) is 6.68. The maximum atomic E-state index is 13.0. The smallest absolute Gasteiger partial charge is 0.271 e. The van der Waals surface area contributed by atoms with E-state index < -0.39 is 21.7 Å². The molecule has 0 aliphatic heterocycles. The number of carbonyl (C=O) groups excluding carboxylic acids is 1. The van der Waals surface area contributed by atoms with Crippen LogP contribution in [0.4, 0.5) is 11.4 Å². The molecule has 0 heterocycles. The van der Waals surface area contributed by atoms with Gasteiger partial charge in [-0.05, 0) is 6.07 Å². The minimum absolute atomic E-state index is 0.00547. The number of ketones is 1. The van der Waals surface area contributed by atoms with Crippen molar-refractivity contribution in [3.63, 3.8) is 0 Å². The summed E-state index contributed by atoms with van der Waals surface area (Å²) in [4.78, 5) is 23.4. The summed E-state index contributed by atoms with van der Waals surface area (Å²) in [5.41, 5.74) is 3.45. The molecule has 3 N–H and O–H groups in total. The van der Waals surface area contributed by atoms with Crippen LogP contribution in [0.25, 0.3) is 0 Å². The molecule has 0 aliphatic rings. The highest BCUT2D eigenvalue weighted by atomic mass is 16.6. The van der Waals surface area contributed by atoms with Crippen LogP contribution >= 0.6 is 0 Å². The Hall–Kier alpha value is -2.73. The Balaban J connectivity index is 2.66. The van der Waals surface area contributed by atoms with Gasteiger partial charge in [0.05, 0.1) is 4.92 Å². The van der Waals surface area contributed by atoms with Crippen LogP contribution in [0.5, 0.6) is 0 Å². The average Bonchev–Trinajstić information content (AvgIpc) is 2.53. The summed E-state index contributed by atoms with van der Waals surface area (Å²) in [6, 6.07) is 12.1. The lowest BCUT2D eigenvalue weighted by Gasteiger charge is -2.40. The van der Waals surface area contributed by atoms with Crippen molar-refractivity contribution in [2.75, 3.05) is 5.73 Å². The van der Waals surface area contributed by atoms with Gasteiger partial charge in [0.2, 0.25) is 0 Å². The lowest BCUT2D eigenvalue weighted by Crippen LogP contribution is -2.47. The molecule has 2 aromatic carbocycles. The molecule has 2 aromatic rings. The first-order valence-corrected chi connectivity index (χ1v) is 7.45. The van der Waals surface area contributed by atoms with Crippen molar-refractivity contribution in [2.24, 2.45) is 5.41 Å².